The van der Waals surface area contributed by atoms with Gasteiger partial charge in [-0.15, -0.1) is 0 Å². The summed E-state index contributed by atoms with van der Waals surface area (Å²) in [7, 11) is 0. The molecule has 3 N–H and O–H groups in total. The van der Waals surface area contributed by atoms with Gasteiger partial charge in [0.05, 0.1) is 30.4 Å². The lowest BCUT2D eigenvalue weighted by Gasteiger charge is -2.10. The average molecular weight is 383 g/mol. The highest BCUT2D eigenvalue weighted by Crippen LogP contribution is 2.21. The molecule has 0 radical (unpaired) electrons. The maximum atomic E-state index is 12.2. The quantitative estimate of drug-likeness (QED) is 0.583. The fourth-order valence-electron chi connectivity index (χ4n) is 2.58. The van der Waals surface area contributed by atoms with E-state index in [9.17, 15) is 9.59 Å². The molecule has 0 aliphatic rings. The van der Waals surface area contributed by atoms with Crippen LogP contribution in [0.5, 0.6) is 0 Å². The van der Waals surface area contributed by atoms with Gasteiger partial charge in [-0.3, -0.25) is 9.59 Å². The first kappa shape index (κ1) is 18.8. The summed E-state index contributed by atoms with van der Waals surface area (Å²) in [6.07, 6.45) is 0.338. The van der Waals surface area contributed by atoms with Gasteiger partial charge in [-0.1, -0.05) is 18.2 Å². The fourth-order valence-corrected chi connectivity index (χ4v) is 3.13. The van der Waals surface area contributed by atoms with Crippen LogP contribution in [0.25, 0.3) is 11.0 Å². The van der Waals surface area contributed by atoms with Crippen molar-refractivity contribution in [3.63, 3.8) is 0 Å². The molecule has 0 bridgehead atoms. The number of hydrogen-bond donors (Lipinski definition) is 3. The number of aromatic nitrogens is 2. The van der Waals surface area contributed by atoms with E-state index >= 15 is 0 Å². The topological polar surface area (TPSA) is 96.0 Å². The van der Waals surface area contributed by atoms with Gasteiger partial charge in [0.15, 0.2) is 0 Å². The van der Waals surface area contributed by atoms with E-state index in [1.54, 1.807) is 6.07 Å². The SMILES string of the molecule is CC(C)NC(=O)Cc1ccc(NCC(=O)Nc2cccc3nsnc23)cc1. The zero-order chi connectivity index (χ0) is 19.2. The minimum Gasteiger partial charge on any atom is -0.376 e. The highest BCUT2D eigenvalue weighted by Gasteiger charge is 2.09. The highest BCUT2D eigenvalue weighted by molar-refractivity contribution is 7.00. The van der Waals surface area contributed by atoms with Crippen LogP contribution in [-0.4, -0.2) is 33.1 Å². The van der Waals surface area contributed by atoms with Gasteiger partial charge >= 0.3 is 0 Å². The van der Waals surface area contributed by atoms with Crippen molar-refractivity contribution in [2.45, 2.75) is 26.3 Å². The molecule has 0 atom stereocenters. The van der Waals surface area contributed by atoms with Gasteiger partial charge in [0, 0.05) is 11.7 Å². The molecule has 0 aliphatic heterocycles. The third-order valence-corrected chi connectivity index (χ3v) is 4.32. The molecule has 2 aromatic carbocycles. The molecule has 0 saturated heterocycles. The number of benzene rings is 2. The van der Waals surface area contributed by atoms with Crippen molar-refractivity contribution < 1.29 is 9.59 Å². The van der Waals surface area contributed by atoms with E-state index in [0.29, 0.717) is 17.6 Å². The van der Waals surface area contributed by atoms with Crippen molar-refractivity contribution in [1.29, 1.82) is 0 Å². The first-order chi connectivity index (χ1) is 13.0. The molecule has 0 fully saturated rings. The van der Waals surface area contributed by atoms with Gasteiger partial charge in [-0.05, 0) is 43.7 Å². The summed E-state index contributed by atoms with van der Waals surface area (Å²) in [4.78, 5) is 24.0. The Morgan fingerprint density at radius 2 is 1.81 bits per heavy atom. The second-order valence-electron chi connectivity index (χ2n) is 6.44. The summed E-state index contributed by atoms with van der Waals surface area (Å²) in [5.41, 5.74) is 3.85. The second-order valence-corrected chi connectivity index (χ2v) is 6.96. The number of fused-ring (bicyclic) bond motifs is 1. The molecule has 0 saturated carbocycles. The van der Waals surface area contributed by atoms with Crippen molar-refractivity contribution >= 4 is 46.0 Å². The van der Waals surface area contributed by atoms with E-state index in [1.165, 1.54) is 0 Å². The molecule has 3 rings (SSSR count). The Kier molecular flexibility index (Phi) is 5.97. The minimum absolute atomic E-state index is 0.00390. The molecule has 0 spiro atoms. The Hall–Kier alpha value is -3.00. The third-order valence-electron chi connectivity index (χ3n) is 3.78. The number of anilines is 2. The molecule has 140 valence electrons. The fraction of sp³-hybridized carbons (Fsp3) is 0.263. The van der Waals surface area contributed by atoms with Crippen molar-refractivity contribution in [3.8, 4) is 0 Å². The summed E-state index contributed by atoms with van der Waals surface area (Å²) in [6.45, 7) is 3.99. The second kappa shape index (κ2) is 8.59. The van der Waals surface area contributed by atoms with E-state index in [4.69, 9.17) is 0 Å². The molecule has 3 aromatic rings. The summed E-state index contributed by atoms with van der Waals surface area (Å²) >= 11 is 1.12. The lowest BCUT2D eigenvalue weighted by molar-refractivity contribution is -0.121. The van der Waals surface area contributed by atoms with Gasteiger partial charge in [-0.2, -0.15) is 8.75 Å². The molecule has 1 heterocycles. The van der Waals surface area contributed by atoms with Crippen LogP contribution in [0.15, 0.2) is 42.5 Å². The van der Waals surface area contributed by atoms with Gasteiger partial charge < -0.3 is 16.0 Å². The van der Waals surface area contributed by atoms with Crippen LogP contribution < -0.4 is 16.0 Å². The Bertz CT molecular complexity index is 937. The van der Waals surface area contributed by atoms with Crippen LogP contribution in [0.1, 0.15) is 19.4 Å². The molecular formula is C19H21N5O2S. The average Bonchev–Trinajstić information content (AvgIpc) is 3.10. The van der Waals surface area contributed by atoms with Crippen molar-refractivity contribution in [2.24, 2.45) is 0 Å². The number of nitrogens with one attached hydrogen (secondary N) is 3. The molecule has 27 heavy (non-hydrogen) atoms. The number of amides is 2. The van der Waals surface area contributed by atoms with E-state index in [2.05, 4.69) is 24.7 Å². The molecule has 0 unspecified atom stereocenters. The summed E-state index contributed by atoms with van der Waals surface area (Å²) in [5.74, 6) is -0.174. The third kappa shape index (κ3) is 5.24. The van der Waals surface area contributed by atoms with E-state index < -0.39 is 0 Å². The summed E-state index contributed by atoms with van der Waals surface area (Å²) in [6, 6.07) is 13.1. The van der Waals surface area contributed by atoms with E-state index in [-0.39, 0.29) is 24.4 Å². The van der Waals surface area contributed by atoms with Crippen molar-refractivity contribution in [3.05, 3.63) is 48.0 Å². The number of carbonyl (C=O) groups is 2. The zero-order valence-corrected chi connectivity index (χ0v) is 16.0. The van der Waals surface area contributed by atoms with Crippen LogP contribution >= 0.6 is 11.7 Å². The van der Waals surface area contributed by atoms with Crippen molar-refractivity contribution in [2.75, 3.05) is 17.2 Å². The summed E-state index contributed by atoms with van der Waals surface area (Å²) in [5, 5.41) is 8.78. The van der Waals surface area contributed by atoms with E-state index in [1.807, 2.05) is 50.2 Å². The molecule has 2 amide bonds. The van der Waals surface area contributed by atoms with Crippen LogP contribution in [-0.2, 0) is 16.0 Å². The smallest absolute Gasteiger partial charge is 0.243 e. The standard InChI is InChI=1S/C19H21N5O2S/c1-12(2)21-17(25)10-13-6-8-14(9-7-13)20-11-18(26)22-15-4-3-5-16-19(15)24-27-23-16/h3-9,12,20H,10-11H2,1-2H3,(H,21,25)(H,22,26). The summed E-state index contributed by atoms with van der Waals surface area (Å²) < 4.78 is 8.36. The van der Waals surface area contributed by atoms with Gasteiger partial charge in [0.1, 0.15) is 11.0 Å². The minimum atomic E-state index is -0.170. The van der Waals surface area contributed by atoms with Gasteiger partial charge in [0.2, 0.25) is 11.8 Å². The predicted molar refractivity (Wildman–Crippen MR) is 108 cm³/mol. The number of rotatable bonds is 7. The van der Waals surface area contributed by atoms with Crippen LogP contribution in [0.4, 0.5) is 11.4 Å². The monoisotopic (exact) mass is 383 g/mol. The first-order valence-corrected chi connectivity index (χ1v) is 9.37. The normalized spacial score (nSPS) is 10.8. The first-order valence-electron chi connectivity index (χ1n) is 8.64. The lowest BCUT2D eigenvalue weighted by Crippen LogP contribution is -2.31. The molecule has 7 nitrogen and oxygen atoms in total. The highest BCUT2D eigenvalue weighted by atomic mass is 32.1. The number of hydrogen-bond acceptors (Lipinski definition) is 6. The molecular weight excluding hydrogens is 362 g/mol. The Morgan fingerprint density at radius 3 is 2.56 bits per heavy atom. The predicted octanol–water partition coefficient (Wildman–Crippen LogP) is 2.81. The van der Waals surface area contributed by atoms with Crippen LogP contribution in [0.2, 0.25) is 0 Å². The Balaban J connectivity index is 1.51. The molecule has 8 heteroatoms. The van der Waals surface area contributed by atoms with Crippen LogP contribution in [0, 0.1) is 0 Å². The van der Waals surface area contributed by atoms with Crippen molar-refractivity contribution in [1.82, 2.24) is 14.1 Å². The number of nitrogens with zero attached hydrogens (tertiary/aromatic N) is 2. The van der Waals surface area contributed by atoms with E-state index in [0.717, 1.165) is 28.5 Å². The maximum Gasteiger partial charge on any atom is 0.243 e. The van der Waals surface area contributed by atoms with Crippen LogP contribution in [0.3, 0.4) is 0 Å². The Morgan fingerprint density at radius 1 is 1.04 bits per heavy atom. The lowest BCUT2D eigenvalue weighted by atomic mass is 10.1. The van der Waals surface area contributed by atoms with Gasteiger partial charge in [0.25, 0.3) is 0 Å². The number of carbonyl (C=O) groups excluding carboxylic acids is 2. The zero-order valence-electron chi connectivity index (χ0n) is 15.2. The maximum absolute atomic E-state index is 12.2. The van der Waals surface area contributed by atoms with Gasteiger partial charge in [-0.25, -0.2) is 0 Å². The Labute approximate surface area is 161 Å². The largest absolute Gasteiger partial charge is 0.376 e. The molecule has 0 aliphatic carbocycles. The molecule has 1 aromatic heterocycles.